The van der Waals surface area contributed by atoms with Crippen LogP contribution < -0.4 is 5.73 Å². The lowest BCUT2D eigenvalue weighted by Crippen LogP contribution is -2.33. The second kappa shape index (κ2) is 5.21. The van der Waals surface area contributed by atoms with Crippen LogP contribution in [0.2, 0.25) is 0 Å². The number of nitrogens with two attached hydrogens (primary N) is 1. The molecule has 1 saturated carbocycles. The summed E-state index contributed by atoms with van der Waals surface area (Å²) in [6.07, 6.45) is 4.52. The van der Waals surface area contributed by atoms with E-state index in [0.717, 1.165) is 37.8 Å². The number of benzene rings is 1. The maximum absolute atomic E-state index is 12.3. The van der Waals surface area contributed by atoms with Crippen molar-refractivity contribution in [1.82, 2.24) is 4.90 Å². The number of rotatable bonds is 5. The van der Waals surface area contributed by atoms with Gasteiger partial charge in [-0.25, -0.2) is 0 Å². The summed E-state index contributed by atoms with van der Waals surface area (Å²) in [7, 11) is 0. The molecule has 92 valence electrons. The van der Waals surface area contributed by atoms with Crippen molar-refractivity contribution in [2.45, 2.75) is 38.6 Å². The molecule has 1 amide bonds. The third-order valence-electron chi connectivity index (χ3n) is 3.16. The average molecular weight is 232 g/mol. The normalized spacial score (nSPS) is 14.6. The highest BCUT2D eigenvalue weighted by atomic mass is 16.2. The van der Waals surface area contributed by atoms with Crippen molar-refractivity contribution >= 4 is 11.6 Å². The molecular weight excluding hydrogens is 212 g/mol. The van der Waals surface area contributed by atoms with Crippen molar-refractivity contribution in [2.24, 2.45) is 0 Å². The summed E-state index contributed by atoms with van der Waals surface area (Å²) in [6, 6.07) is 7.69. The molecule has 0 aliphatic heterocycles. The minimum Gasteiger partial charge on any atom is -0.399 e. The van der Waals surface area contributed by atoms with Gasteiger partial charge in [0.2, 0.25) is 0 Å². The number of nitrogen functional groups attached to an aromatic ring is 1. The predicted octanol–water partition coefficient (Wildman–Crippen LogP) is 2.67. The Morgan fingerprint density at radius 1 is 1.35 bits per heavy atom. The van der Waals surface area contributed by atoms with Gasteiger partial charge >= 0.3 is 0 Å². The molecule has 0 heterocycles. The van der Waals surface area contributed by atoms with Crippen LogP contribution in [0.25, 0.3) is 0 Å². The van der Waals surface area contributed by atoms with E-state index in [1.807, 2.05) is 17.0 Å². The fourth-order valence-corrected chi connectivity index (χ4v) is 1.96. The molecular formula is C14H20N2O. The van der Waals surface area contributed by atoms with E-state index in [1.54, 1.807) is 12.1 Å². The van der Waals surface area contributed by atoms with Gasteiger partial charge in [0.15, 0.2) is 0 Å². The lowest BCUT2D eigenvalue weighted by atomic mass is 10.1. The SMILES string of the molecule is CCCCN(C(=O)c1ccc(N)cc1)C1CC1. The van der Waals surface area contributed by atoms with Crippen LogP contribution in [0.15, 0.2) is 24.3 Å². The predicted molar refractivity (Wildman–Crippen MR) is 69.8 cm³/mol. The zero-order chi connectivity index (χ0) is 12.3. The van der Waals surface area contributed by atoms with Gasteiger partial charge < -0.3 is 10.6 Å². The summed E-state index contributed by atoms with van der Waals surface area (Å²) in [6.45, 7) is 3.03. The van der Waals surface area contributed by atoms with Gasteiger partial charge in [-0.1, -0.05) is 13.3 Å². The molecule has 0 aromatic heterocycles. The van der Waals surface area contributed by atoms with Gasteiger partial charge in [0, 0.05) is 23.8 Å². The minimum absolute atomic E-state index is 0.154. The molecule has 1 fully saturated rings. The van der Waals surface area contributed by atoms with E-state index in [4.69, 9.17) is 5.73 Å². The van der Waals surface area contributed by atoms with Crippen LogP contribution in [0.5, 0.6) is 0 Å². The molecule has 1 aliphatic rings. The van der Waals surface area contributed by atoms with Gasteiger partial charge in [-0.05, 0) is 43.5 Å². The van der Waals surface area contributed by atoms with Crippen molar-refractivity contribution in [3.63, 3.8) is 0 Å². The number of unbranched alkanes of at least 4 members (excludes halogenated alkanes) is 1. The van der Waals surface area contributed by atoms with Gasteiger partial charge in [-0.2, -0.15) is 0 Å². The summed E-state index contributed by atoms with van der Waals surface area (Å²) < 4.78 is 0. The third-order valence-corrected chi connectivity index (χ3v) is 3.16. The first-order valence-electron chi connectivity index (χ1n) is 6.39. The quantitative estimate of drug-likeness (QED) is 0.793. The Bertz CT molecular complexity index is 382. The highest BCUT2D eigenvalue weighted by molar-refractivity contribution is 5.94. The van der Waals surface area contributed by atoms with Gasteiger partial charge in [-0.15, -0.1) is 0 Å². The zero-order valence-corrected chi connectivity index (χ0v) is 10.4. The van der Waals surface area contributed by atoms with Gasteiger partial charge in [0.1, 0.15) is 0 Å². The molecule has 0 atom stereocenters. The summed E-state index contributed by atoms with van der Waals surface area (Å²) in [5, 5.41) is 0. The van der Waals surface area contributed by atoms with Crippen molar-refractivity contribution in [2.75, 3.05) is 12.3 Å². The maximum atomic E-state index is 12.3. The monoisotopic (exact) mass is 232 g/mol. The Labute approximate surface area is 103 Å². The Morgan fingerprint density at radius 3 is 2.53 bits per heavy atom. The van der Waals surface area contributed by atoms with E-state index in [-0.39, 0.29) is 5.91 Å². The number of anilines is 1. The third kappa shape index (κ3) is 2.99. The maximum Gasteiger partial charge on any atom is 0.254 e. The molecule has 0 bridgehead atoms. The molecule has 0 saturated heterocycles. The second-order valence-electron chi connectivity index (χ2n) is 4.71. The largest absolute Gasteiger partial charge is 0.399 e. The number of carbonyl (C=O) groups excluding carboxylic acids is 1. The van der Waals surface area contributed by atoms with E-state index in [9.17, 15) is 4.79 Å². The Kier molecular flexibility index (Phi) is 3.67. The summed E-state index contributed by atoms with van der Waals surface area (Å²) >= 11 is 0. The number of nitrogens with zero attached hydrogens (tertiary/aromatic N) is 1. The van der Waals surface area contributed by atoms with Crippen molar-refractivity contribution < 1.29 is 4.79 Å². The second-order valence-corrected chi connectivity index (χ2v) is 4.71. The van der Waals surface area contributed by atoms with E-state index in [1.165, 1.54) is 0 Å². The van der Waals surface area contributed by atoms with Crippen LogP contribution in [0.3, 0.4) is 0 Å². The molecule has 0 unspecified atom stereocenters. The van der Waals surface area contributed by atoms with Crippen molar-refractivity contribution in [3.8, 4) is 0 Å². The number of hydrogen-bond acceptors (Lipinski definition) is 2. The van der Waals surface area contributed by atoms with E-state index < -0.39 is 0 Å². The fourth-order valence-electron chi connectivity index (χ4n) is 1.96. The minimum atomic E-state index is 0.154. The Morgan fingerprint density at radius 2 is 2.00 bits per heavy atom. The zero-order valence-electron chi connectivity index (χ0n) is 10.4. The number of amides is 1. The van der Waals surface area contributed by atoms with Crippen LogP contribution in [-0.4, -0.2) is 23.4 Å². The first kappa shape index (κ1) is 12.0. The average Bonchev–Trinajstić information content (AvgIpc) is 3.14. The lowest BCUT2D eigenvalue weighted by Gasteiger charge is -2.22. The summed E-state index contributed by atoms with van der Waals surface area (Å²) in [5.74, 6) is 0.154. The molecule has 3 heteroatoms. The smallest absolute Gasteiger partial charge is 0.254 e. The topological polar surface area (TPSA) is 46.3 Å². The Hall–Kier alpha value is -1.51. The molecule has 1 aromatic carbocycles. The molecule has 1 aromatic rings. The van der Waals surface area contributed by atoms with Gasteiger partial charge in [0.25, 0.3) is 5.91 Å². The number of carbonyl (C=O) groups is 1. The molecule has 3 nitrogen and oxygen atoms in total. The van der Waals surface area contributed by atoms with Crippen LogP contribution >= 0.6 is 0 Å². The van der Waals surface area contributed by atoms with E-state index in [2.05, 4.69) is 6.92 Å². The van der Waals surface area contributed by atoms with Crippen molar-refractivity contribution in [3.05, 3.63) is 29.8 Å². The first-order valence-corrected chi connectivity index (χ1v) is 6.39. The molecule has 2 rings (SSSR count). The van der Waals surface area contributed by atoms with Crippen molar-refractivity contribution in [1.29, 1.82) is 0 Å². The van der Waals surface area contributed by atoms with Crippen LogP contribution in [0.1, 0.15) is 43.0 Å². The van der Waals surface area contributed by atoms with E-state index in [0.29, 0.717) is 11.7 Å². The standard InChI is InChI=1S/C14H20N2O/c1-2-3-10-16(13-8-9-13)14(17)11-4-6-12(15)7-5-11/h4-7,13H,2-3,8-10,15H2,1H3. The van der Waals surface area contributed by atoms with Gasteiger partial charge in [-0.3, -0.25) is 4.79 Å². The summed E-state index contributed by atoms with van der Waals surface area (Å²) in [4.78, 5) is 14.4. The lowest BCUT2D eigenvalue weighted by molar-refractivity contribution is 0.0741. The van der Waals surface area contributed by atoms with Crippen LogP contribution in [-0.2, 0) is 0 Å². The van der Waals surface area contributed by atoms with E-state index >= 15 is 0 Å². The first-order chi connectivity index (χ1) is 8.22. The van der Waals surface area contributed by atoms with Gasteiger partial charge in [0.05, 0.1) is 0 Å². The highest BCUT2D eigenvalue weighted by Crippen LogP contribution is 2.28. The molecule has 17 heavy (non-hydrogen) atoms. The van der Waals surface area contributed by atoms with Crippen LogP contribution in [0.4, 0.5) is 5.69 Å². The molecule has 0 radical (unpaired) electrons. The molecule has 2 N–H and O–H groups in total. The fraction of sp³-hybridized carbons (Fsp3) is 0.500. The van der Waals surface area contributed by atoms with Crippen LogP contribution in [0, 0.1) is 0 Å². The Balaban J connectivity index is 2.07. The summed E-state index contributed by atoms with van der Waals surface area (Å²) in [5.41, 5.74) is 7.08. The number of hydrogen-bond donors (Lipinski definition) is 1. The molecule has 0 spiro atoms. The highest BCUT2D eigenvalue weighted by Gasteiger charge is 2.32. The molecule has 1 aliphatic carbocycles.